The summed E-state index contributed by atoms with van der Waals surface area (Å²) in [6.45, 7) is 1.65. The molecule has 0 saturated carbocycles. The van der Waals surface area contributed by atoms with Crippen molar-refractivity contribution in [1.29, 1.82) is 0 Å². The van der Waals surface area contributed by atoms with E-state index in [4.69, 9.17) is 10.5 Å². The van der Waals surface area contributed by atoms with Crippen molar-refractivity contribution in [3.8, 4) is 11.3 Å². The number of hydrogen-bond acceptors (Lipinski definition) is 3. The lowest BCUT2D eigenvalue weighted by atomic mass is 10.2. The molecule has 6 nitrogen and oxygen atoms in total. The zero-order chi connectivity index (χ0) is 14.2. The Morgan fingerprint density at radius 3 is 2.86 bits per heavy atom. The van der Waals surface area contributed by atoms with Gasteiger partial charge in [-0.2, -0.15) is 0 Å². The number of aromatic nitrogens is 2. The monoisotopic (exact) mass is 401 g/mol. The van der Waals surface area contributed by atoms with Crippen molar-refractivity contribution < 1.29 is 4.74 Å². The van der Waals surface area contributed by atoms with Gasteiger partial charge in [-0.15, -0.1) is 24.0 Å². The van der Waals surface area contributed by atoms with Crippen molar-refractivity contribution in [3.05, 3.63) is 42.4 Å². The number of aliphatic imine (C=N–C) groups is 1. The molecule has 0 fully saturated rings. The molecular formula is C14H20IN5O. The average molecular weight is 401 g/mol. The van der Waals surface area contributed by atoms with E-state index in [1.54, 1.807) is 13.3 Å². The van der Waals surface area contributed by atoms with E-state index in [9.17, 15) is 0 Å². The summed E-state index contributed by atoms with van der Waals surface area (Å²) in [5.74, 6) is 1.17. The molecule has 2 aromatic rings. The molecule has 0 radical (unpaired) electrons. The first-order chi connectivity index (χ1) is 9.79. The molecule has 1 aromatic carbocycles. The molecule has 0 amide bonds. The highest BCUT2D eigenvalue weighted by atomic mass is 127. The van der Waals surface area contributed by atoms with Crippen molar-refractivity contribution in [2.24, 2.45) is 10.7 Å². The maximum atomic E-state index is 5.72. The Labute approximate surface area is 141 Å². The van der Waals surface area contributed by atoms with Gasteiger partial charge in [0.15, 0.2) is 5.96 Å². The topological polar surface area (TPSA) is 88.3 Å². The SMILES string of the molecule is COCCNC(N)=NCc1ncc(-c2ccccc2)[nH]1.I. The van der Waals surface area contributed by atoms with Crippen LogP contribution in [0.4, 0.5) is 0 Å². The normalized spacial score (nSPS) is 11.0. The number of rotatable bonds is 6. The molecule has 0 saturated heterocycles. The lowest BCUT2D eigenvalue weighted by Gasteiger charge is -2.03. The molecule has 0 spiro atoms. The number of nitrogens with zero attached hydrogens (tertiary/aromatic N) is 2. The number of imidazole rings is 1. The lowest BCUT2D eigenvalue weighted by Crippen LogP contribution is -2.34. The third-order valence-electron chi connectivity index (χ3n) is 2.72. The van der Waals surface area contributed by atoms with E-state index >= 15 is 0 Å². The van der Waals surface area contributed by atoms with E-state index in [-0.39, 0.29) is 24.0 Å². The van der Waals surface area contributed by atoms with Crippen LogP contribution < -0.4 is 11.1 Å². The maximum Gasteiger partial charge on any atom is 0.189 e. The number of H-pyrrole nitrogens is 1. The van der Waals surface area contributed by atoms with Gasteiger partial charge >= 0.3 is 0 Å². The van der Waals surface area contributed by atoms with E-state index in [0.717, 1.165) is 17.1 Å². The molecule has 4 N–H and O–H groups in total. The van der Waals surface area contributed by atoms with Crippen molar-refractivity contribution in [2.75, 3.05) is 20.3 Å². The lowest BCUT2D eigenvalue weighted by molar-refractivity contribution is 0.204. The summed E-state index contributed by atoms with van der Waals surface area (Å²) < 4.78 is 4.92. The second kappa shape index (κ2) is 9.35. The Kier molecular flexibility index (Phi) is 7.76. The standard InChI is InChI=1S/C14H19N5O.HI/c1-20-8-7-16-14(15)18-10-13-17-9-12(19-13)11-5-3-2-4-6-11;/h2-6,9H,7-8,10H2,1H3,(H,17,19)(H3,15,16,18);1H. The minimum Gasteiger partial charge on any atom is -0.383 e. The second-order valence-corrected chi connectivity index (χ2v) is 4.23. The Bertz CT molecular complexity index is 556. The first kappa shape index (κ1) is 17.4. The number of nitrogens with one attached hydrogen (secondary N) is 2. The van der Waals surface area contributed by atoms with Gasteiger partial charge < -0.3 is 20.8 Å². The third-order valence-corrected chi connectivity index (χ3v) is 2.72. The van der Waals surface area contributed by atoms with Gasteiger partial charge in [0, 0.05) is 13.7 Å². The first-order valence-corrected chi connectivity index (χ1v) is 6.41. The quantitative estimate of drug-likeness (QED) is 0.298. The molecule has 1 aromatic heterocycles. The van der Waals surface area contributed by atoms with Crippen LogP contribution in [0.3, 0.4) is 0 Å². The summed E-state index contributed by atoms with van der Waals surface area (Å²) in [5, 5.41) is 2.95. The zero-order valence-corrected chi connectivity index (χ0v) is 14.2. The van der Waals surface area contributed by atoms with Crippen molar-refractivity contribution in [3.63, 3.8) is 0 Å². The number of guanidine groups is 1. The van der Waals surface area contributed by atoms with Crippen molar-refractivity contribution in [2.45, 2.75) is 6.54 Å². The Morgan fingerprint density at radius 2 is 2.14 bits per heavy atom. The number of hydrogen-bond donors (Lipinski definition) is 3. The molecule has 114 valence electrons. The zero-order valence-electron chi connectivity index (χ0n) is 11.9. The Hall–Kier alpha value is -1.61. The molecule has 0 aliphatic heterocycles. The van der Waals surface area contributed by atoms with Gasteiger partial charge in [-0.05, 0) is 5.56 Å². The molecule has 7 heteroatoms. The van der Waals surface area contributed by atoms with Crippen molar-refractivity contribution >= 4 is 29.9 Å². The van der Waals surface area contributed by atoms with Gasteiger partial charge in [0.2, 0.25) is 0 Å². The van der Waals surface area contributed by atoms with Crippen molar-refractivity contribution in [1.82, 2.24) is 15.3 Å². The van der Waals surface area contributed by atoms with E-state index in [1.807, 2.05) is 30.3 Å². The number of ether oxygens (including phenoxy) is 1. The van der Waals surface area contributed by atoms with Gasteiger partial charge in [0.25, 0.3) is 0 Å². The summed E-state index contributed by atoms with van der Waals surface area (Å²) in [6.07, 6.45) is 1.80. The van der Waals surface area contributed by atoms with Crippen LogP contribution in [0.1, 0.15) is 5.82 Å². The fourth-order valence-electron chi connectivity index (χ4n) is 1.70. The molecule has 0 atom stereocenters. The van der Waals surface area contributed by atoms with E-state index in [1.165, 1.54) is 0 Å². The molecule has 1 heterocycles. The second-order valence-electron chi connectivity index (χ2n) is 4.23. The van der Waals surface area contributed by atoms with Crippen LogP contribution in [0.5, 0.6) is 0 Å². The molecular weight excluding hydrogens is 381 g/mol. The highest BCUT2D eigenvalue weighted by Crippen LogP contribution is 2.16. The van der Waals surface area contributed by atoms with Crippen LogP contribution in [0, 0.1) is 0 Å². The fraction of sp³-hybridized carbons (Fsp3) is 0.286. The summed E-state index contributed by atoms with van der Waals surface area (Å²) in [5.41, 5.74) is 7.79. The number of methoxy groups -OCH3 is 1. The largest absolute Gasteiger partial charge is 0.383 e. The summed E-state index contributed by atoms with van der Waals surface area (Å²) in [7, 11) is 1.64. The highest BCUT2D eigenvalue weighted by molar-refractivity contribution is 14.0. The number of benzene rings is 1. The molecule has 0 aliphatic carbocycles. The first-order valence-electron chi connectivity index (χ1n) is 6.41. The van der Waals surface area contributed by atoms with Gasteiger partial charge in [-0.1, -0.05) is 30.3 Å². The minimum absolute atomic E-state index is 0. The molecule has 0 unspecified atom stereocenters. The smallest absolute Gasteiger partial charge is 0.189 e. The van der Waals surface area contributed by atoms with E-state index < -0.39 is 0 Å². The number of halogens is 1. The fourth-order valence-corrected chi connectivity index (χ4v) is 1.70. The molecule has 0 bridgehead atoms. The van der Waals surface area contributed by atoms with Crippen LogP contribution in [-0.4, -0.2) is 36.2 Å². The predicted molar refractivity (Wildman–Crippen MR) is 94.6 cm³/mol. The van der Waals surface area contributed by atoms with Crippen LogP contribution in [0.25, 0.3) is 11.3 Å². The van der Waals surface area contributed by atoms with E-state index in [0.29, 0.717) is 25.7 Å². The van der Waals surface area contributed by atoms with Crippen LogP contribution in [-0.2, 0) is 11.3 Å². The third kappa shape index (κ3) is 5.72. The summed E-state index contributed by atoms with van der Waals surface area (Å²) in [4.78, 5) is 11.7. The summed E-state index contributed by atoms with van der Waals surface area (Å²) in [6, 6.07) is 10.0. The van der Waals surface area contributed by atoms with Gasteiger partial charge in [-0.3, -0.25) is 0 Å². The van der Waals surface area contributed by atoms with Crippen LogP contribution in [0.2, 0.25) is 0 Å². The van der Waals surface area contributed by atoms with E-state index in [2.05, 4.69) is 20.3 Å². The van der Waals surface area contributed by atoms with Crippen LogP contribution in [0.15, 0.2) is 41.5 Å². The minimum atomic E-state index is 0. The molecule has 2 rings (SSSR count). The summed E-state index contributed by atoms with van der Waals surface area (Å²) >= 11 is 0. The Balaban J connectivity index is 0.00000220. The van der Waals surface area contributed by atoms with Gasteiger partial charge in [0.05, 0.1) is 18.5 Å². The molecule has 0 aliphatic rings. The Morgan fingerprint density at radius 1 is 1.38 bits per heavy atom. The van der Waals surface area contributed by atoms with Crippen LogP contribution >= 0.6 is 24.0 Å². The number of nitrogens with two attached hydrogens (primary N) is 1. The number of aromatic amines is 1. The predicted octanol–water partition coefficient (Wildman–Crippen LogP) is 1.75. The molecule has 21 heavy (non-hydrogen) atoms. The maximum absolute atomic E-state index is 5.72. The van der Waals surface area contributed by atoms with Gasteiger partial charge in [0.1, 0.15) is 12.4 Å². The highest BCUT2D eigenvalue weighted by Gasteiger charge is 2.02. The van der Waals surface area contributed by atoms with Gasteiger partial charge in [-0.25, -0.2) is 9.98 Å². The average Bonchev–Trinajstić information content (AvgIpc) is 2.95.